The van der Waals surface area contributed by atoms with Gasteiger partial charge in [-0.1, -0.05) is 38.0 Å². The van der Waals surface area contributed by atoms with E-state index in [1.165, 1.54) is 4.90 Å². The molecule has 1 aliphatic carbocycles. The molecule has 3 rings (SSSR count). The first-order valence-electron chi connectivity index (χ1n) is 8.41. The van der Waals surface area contributed by atoms with Crippen LogP contribution in [0, 0.1) is 5.92 Å². The smallest absolute Gasteiger partial charge is 0.323 e. The van der Waals surface area contributed by atoms with Crippen molar-refractivity contribution in [2.45, 2.75) is 38.1 Å². The van der Waals surface area contributed by atoms with Gasteiger partial charge in [-0.05, 0) is 30.9 Å². The molecule has 0 radical (unpaired) electrons. The van der Waals surface area contributed by atoms with Gasteiger partial charge in [0.1, 0.15) is 12.1 Å². The monoisotopic (exact) mass is 329 g/mol. The first-order valence-corrected chi connectivity index (χ1v) is 8.41. The predicted molar refractivity (Wildman–Crippen MR) is 90.5 cm³/mol. The Kier molecular flexibility index (Phi) is 4.30. The van der Waals surface area contributed by atoms with Crippen molar-refractivity contribution in [2.24, 2.45) is 5.92 Å². The number of nitrogens with one attached hydrogen (secondary N) is 1. The molecule has 1 N–H and O–H groups in total. The Hall–Kier alpha value is -2.37. The summed E-state index contributed by atoms with van der Waals surface area (Å²) in [6.45, 7) is 1.77. The quantitative estimate of drug-likeness (QED) is 0.864. The van der Waals surface area contributed by atoms with Crippen molar-refractivity contribution in [2.75, 3.05) is 18.5 Å². The lowest BCUT2D eigenvalue weighted by Gasteiger charge is -2.36. The number of carbonyl (C=O) groups is 3. The van der Waals surface area contributed by atoms with E-state index < -0.39 is 11.6 Å². The Morgan fingerprint density at radius 1 is 1.29 bits per heavy atom. The van der Waals surface area contributed by atoms with Crippen LogP contribution in [0.2, 0.25) is 0 Å². The molecule has 2 fully saturated rings. The molecule has 24 heavy (non-hydrogen) atoms. The summed E-state index contributed by atoms with van der Waals surface area (Å²) in [6, 6.07) is 8.72. The number of carbonyl (C=O) groups excluding carboxylic acids is 3. The average molecular weight is 329 g/mol. The van der Waals surface area contributed by atoms with Gasteiger partial charge >= 0.3 is 6.03 Å². The van der Waals surface area contributed by atoms with Crippen molar-refractivity contribution in [3.8, 4) is 0 Å². The van der Waals surface area contributed by atoms with Crippen LogP contribution in [0.25, 0.3) is 0 Å². The number of urea groups is 1. The van der Waals surface area contributed by atoms with Gasteiger partial charge in [-0.3, -0.25) is 14.5 Å². The molecule has 2 atom stereocenters. The van der Waals surface area contributed by atoms with Gasteiger partial charge in [-0.2, -0.15) is 0 Å². The van der Waals surface area contributed by atoms with Gasteiger partial charge in [0.15, 0.2) is 0 Å². The van der Waals surface area contributed by atoms with Gasteiger partial charge in [-0.25, -0.2) is 4.79 Å². The van der Waals surface area contributed by atoms with Crippen LogP contribution in [-0.4, -0.2) is 41.9 Å². The van der Waals surface area contributed by atoms with Crippen molar-refractivity contribution < 1.29 is 14.4 Å². The van der Waals surface area contributed by atoms with E-state index in [2.05, 4.69) is 5.32 Å². The molecule has 0 bridgehead atoms. The van der Waals surface area contributed by atoms with Gasteiger partial charge in [0.25, 0.3) is 5.91 Å². The molecule has 1 saturated heterocycles. The Labute approximate surface area is 141 Å². The molecule has 1 spiro atoms. The van der Waals surface area contributed by atoms with Gasteiger partial charge < -0.3 is 10.2 Å². The molecule has 1 aliphatic heterocycles. The van der Waals surface area contributed by atoms with Crippen LogP contribution in [0.1, 0.15) is 32.6 Å². The Balaban J connectivity index is 1.74. The van der Waals surface area contributed by atoms with Gasteiger partial charge in [0.2, 0.25) is 5.91 Å². The third-order valence-electron chi connectivity index (χ3n) is 5.31. The number of amides is 4. The molecule has 6 heteroatoms. The molecule has 1 aromatic rings. The molecular formula is C18H23N3O3. The third-order valence-corrected chi connectivity index (χ3v) is 5.31. The molecule has 6 nitrogen and oxygen atoms in total. The first kappa shape index (κ1) is 16.5. The Morgan fingerprint density at radius 2 is 2.00 bits per heavy atom. The Morgan fingerprint density at radius 3 is 2.67 bits per heavy atom. The van der Waals surface area contributed by atoms with Crippen molar-refractivity contribution in [1.82, 2.24) is 10.2 Å². The van der Waals surface area contributed by atoms with Crippen LogP contribution in [0.3, 0.4) is 0 Å². The van der Waals surface area contributed by atoms with Crippen molar-refractivity contribution in [3.05, 3.63) is 30.3 Å². The topological polar surface area (TPSA) is 69.7 Å². The maximum Gasteiger partial charge on any atom is 0.325 e. The van der Waals surface area contributed by atoms with E-state index in [0.29, 0.717) is 6.42 Å². The van der Waals surface area contributed by atoms with Crippen LogP contribution >= 0.6 is 0 Å². The molecule has 1 aromatic carbocycles. The number of para-hydroxylation sites is 1. The summed E-state index contributed by atoms with van der Waals surface area (Å²) in [6.07, 6.45) is 3.56. The van der Waals surface area contributed by atoms with E-state index in [4.69, 9.17) is 0 Å². The van der Waals surface area contributed by atoms with E-state index in [1.54, 1.807) is 7.05 Å². The number of anilines is 1. The van der Waals surface area contributed by atoms with Crippen LogP contribution in [0.5, 0.6) is 0 Å². The number of benzene rings is 1. The van der Waals surface area contributed by atoms with Crippen LogP contribution in [0.15, 0.2) is 30.3 Å². The van der Waals surface area contributed by atoms with Crippen LogP contribution in [0.4, 0.5) is 10.5 Å². The predicted octanol–water partition coefficient (Wildman–Crippen LogP) is 2.15. The minimum atomic E-state index is -0.819. The lowest BCUT2D eigenvalue weighted by Crippen LogP contribution is -2.54. The average Bonchev–Trinajstić information content (AvgIpc) is 2.82. The van der Waals surface area contributed by atoms with Crippen LogP contribution in [-0.2, 0) is 9.59 Å². The fraction of sp³-hybridized carbons (Fsp3) is 0.500. The zero-order valence-corrected chi connectivity index (χ0v) is 14.1. The lowest BCUT2D eigenvalue weighted by atomic mass is 9.73. The van der Waals surface area contributed by atoms with Gasteiger partial charge in [0, 0.05) is 12.7 Å². The van der Waals surface area contributed by atoms with Crippen molar-refractivity contribution >= 4 is 23.5 Å². The highest BCUT2D eigenvalue weighted by molar-refractivity contribution is 6.10. The summed E-state index contributed by atoms with van der Waals surface area (Å²) in [4.78, 5) is 40.2. The highest BCUT2D eigenvalue weighted by atomic mass is 16.2. The number of hydrogen-bond acceptors (Lipinski definition) is 3. The molecule has 4 amide bonds. The minimum absolute atomic E-state index is 0.0923. The van der Waals surface area contributed by atoms with Gasteiger partial charge in [-0.15, -0.1) is 0 Å². The first-order chi connectivity index (χ1) is 11.5. The molecule has 2 unspecified atom stereocenters. The summed E-state index contributed by atoms with van der Waals surface area (Å²) < 4.78 is 0. The maximum atomic E-state index is 12.9. The van der Waals surface area contributed by atoms with Crippen molar-refractivity contribution in [3.63, 3.8) is 0 Å². The normalized spacial score (nSPS) is 26.6. The van der Waals surface area contributed by atoms with Crippen LogP contribution < -0.4 is 10.2 Å². The Bertz CT molecular complexity index is 661. The van der Waals surface area contributed by atoms with E-state index in [0.717, 1.165) is 29.8 Å². The molecule has 2 aliphatic rings. The molecule has 0 aromatic heterocycles. The fourth-order valence-corrected chi connectivity index (χ4v) is 3.68. The van der Waals surface area contributed by atoms with E-state index >= 15 is 0 Å². The largest absolute Gasteiger partial charge is 0.325 e. The SMILES string of the molecule is CC1CCCCC12NC(=O)N(CC(=O)N(C)c1ccccc1)C2=O. The fourth-order valence-electron chi connectivity index (χ4n) is 3.68. The summed E-state index contributed by atoms with van der Waals surface area (Å²) in [5.41, 5.74) is -0.0868. The molecule has 1 heterocycles. The second kappa shape index (κ2) is 6.26. The zero-order valence-electron chi connectivity index (χ0n) is 14.1. The highest BCUT2D eigenvalue weighted by Gasteiger charge is 2.55. The van der Waals surface area contributed by atoms with Gasteiger partial charge in [0.05, 0.1) is 0 Å². The second-order valence-corrected chi connectivity index (χ2v) is 6.73. The van der Waals surface area contributed by atoms with E-state index in [-0.39, 0.29) is 24.3 Å². The number of imide groups is 1. The van der Waals surface area contributed by atoms with E-state index in [9.17, 15) is 14.4 Å². The second-order valence-electron chi connectivity index (χ2n) is 6.73. The van der Waals surface area contributed by atoms with Crippen molar-refractivity contribution in [1.29, 1.82) is 0 Å². The summed E-state index contributed by atoms with van der Waals surface area (Å²) in [5.74, 6) is -0.450. The maximum absolute atomic E-state index is 12.9. The highest BCUT2D eigenvalue weighted by Crippen LogP contribution is 2.38. The molecule has 128 valence electrons. The molecular weight excluding hydrogens is 306 g/mol. The molecule has 1 saturated carbocycles. The number of hydrogen-bond donors (Lipinski definition) is 1. The minimum Gasteiger partial charge on any atom is -0.323 e. The zero-order chi connectivity index (χ0) is 17.3. The van der Waals surface area contributed by atoms with E-state index in [1.807, 2.05) is 37.3 Å². The number of nitrogens with zero attached hydrogens (tertiary/aromatic N) is 2. The number of rotatable bonds is 3. The lowest BCUT2D eigenvalue weighted by molar-refractivity contribution is -0.136. The summed E-state index contributed by atoms with van der Waals surface area (Å²) in [5, 5.41) is 2.87. The summed E-state index contributed by atoms with van der Waals surface area (Å²) >= 11 is 0. The standard InChI is InChI=1S/C18H23N3O3/c1-13-8-6-7-11-18(13)16(23)21(17(24)19-18)12-15(22)20(2)14-9-4-3-5-10-14/h3-5,9-10,13H,6-8,11-12H2,1-2H3,(H,19,24). The number of likely N-dealkylation sites (N-methyl/N-ethyl adjacent to an activating group) is 1. The third kappa shape index (κ3) is 2.66. The summed E-state index contributed by atoms with van der Waals surface area (Å²) in [7, 11) is 1.65.